The molecule has 0 amide bonds. The lowest BCUT2D eigenvalue weighted by molar-refractivity contribution is 0.107. The van der Waals surface area contributed by atoms with Gasteiger partial charge in [-0.3, -0.25) is 0 Å². The topological polar surface area (TPSA) is 20.2 Å². The lowest BCUT2D eigenvalue weighted by Crippen LogP contribution is -2.28. The smallest absolute Gasteiger partial charge is 0.123 e. The van der Waals surface area contributed by atoms with Gasteiger partial charge in [-0.1, -0.05) is 32.8 Å². The molecule has 0 aliphatic rings. The minimum Gasteiger partial charge on any atom is -0.396 e. The molecule has 102 valence electrons. The Morgan fingerprint density at radius 1 is 1.28 bits per heavy atom. The zero-order chi connectivity index (χ0) is 13.6. The molecule has 1 nitrogen and oxygen atoms in total. The minimum atomic E-state index is -0.186. The standard InChI is InChI=1S/C16H25FO/c1-4-6-9-16(5-2,12-18)11-14-10-15(17)8-7-13(14)3/h7-8,10,18H,4-6,9,11-12H2,1-3H3. The van der Waals surface area contributed by atoms with Crippen molar-refractivity contribution in [3.05, 3.63) is 35.1 Å². The number of unbranched alkanes of at least 4 members (excludes halogenated alkanes) is 1. The summed E-state index contributed by atoms with van der Waals surface area (Å²) >= 11 is 0. The average molecular weight is 252 g/mol. The van der Waals surface area contributed by atoms with E-state index < -0.39 is 0 Å². The van der Waals surface area contributed by atoms with Gasteiger partial charge in [-0.2, -0.15) is 0 Å². The number of benzene rings is 1. The highest BCUT2D eigenvalue weighted by Gasteiger charge is 2.27. The highest BCUT2D eigenvalue weighted by molar-refractivity contribution is 5.27. The van der Waals surface area contributed by atoms with Crippen molar-refractivity contribution in [3.8, 4) is 0 Å². The van der Waals surface area contributed by atoms with Crippen molar-refractivity contribution in [2.24, 2.45) is 5.41 Å². The Morgan fingerprint density at radius 2 is 2.00 bits per heavy atom. The molecule has 0 aromatic heterocycles. The van der Waals surface area contributed by atoms with E-state index in [0.717, 1.165) is 43.2 Å². The molecule has 1 aromatic rings. The van der Waals surface area contributed by atoms with Gasteiger partial charge >= 0.3 is 0 Å². The maximum atomic E-state index is 13.3. The highest BCUT2D eigenvalue weighted by atomic mass is 19.1. The van der Waals surface area contributed by atoms with E-state index in [9.17, 15) is 9.50 Å². The Kier molecular flexibility index (Phi) is 5.80. The second-order valence-corrected chi connectivity index (χ2v) is 5.36. The lowest BCUT2D eigenvalue weighted by Gasteiger charge is -2.31. The molecule has 1 unspecified atom stereocenters. The van der Waals surface area contributed by atoms with Gasteiger partial charge in [-0.05, 0) is 54.9 Å². The van der Waals surface area contributed by atoms with E-state index in [2.05, 4.69) is 13.8 Å². The van der Waals surface area contributed by atoms with E-state index in [0.29, 0.717) is 0 Å². The molecule has 0 aliphatic heterocycles. The summed E-state index contributed by atoms with van der Waals surface area (Å²) in [5.41, 5.74) is 2.05. The van der Waals surface area contributed by atoms with Gasteiger partial charge in [0.2, 0.25) is 0 Å². The van der Waals surface area contributed by atoms with Crippen LogP contribution in [0, 0.1) is 18.2 Å². The number of hydrogen-bond acceptors (Lipinski definition) is 1. The van der Waals surface area contributed by atoms with Crippen LogP contribution in [0.1, 0.15) is 50.7 Å². The van der Waals surface area contributed by atoms with Gasteiger partial charge in [-0.15, -0.1) is 0 Å². The van der Waals surface area contributed by atoms with Crippen molar-refractivity contribution in [2.45, 2.75) is 52.9 Å². The molecule has 1 rings (SSSR count). The van der Waals surface area contributed by atoms with Crippen molar-refractivity contribution in [3.63, 3.8) is 0 Å². The summed E-state index contributed by atoms with van der Waals surface area (Å²) in [4.78, 5) is 0. The third kappa shape index (κ3) is 3.81. The van der Waals surface area contributed by atoms with Crippen LogP contribution in [0.3, 0.4) is 0 Å². The van der Waals surface area contributed by atoms with Gasteiger partial charge in [0.1, 0.15) is 5.82 Å². The molecule has 0 saturated carbocycles. The van der Waals surface area contributed by atoms with Crippen LogP contribution in [0.25, 0.3) is 0 Å². The Balaban J connectivity index is 2.91. The number of aliphatic hydroxyl groups excluding tert-OH is 1. The normalized spacial score (nSPS) is 14.5. The highest BCUT2D eigenvalue weighted by Crippen LogP contribution is 2.33. The first kappa shape index (κ1) is 15.2. The molecule has 1 N–H and O–H groups in total. The number of aliphatic hydroxyl groups is 1. The first-order chi connectivity index (χ1) is 8.56. The predicted molar refractivity (Wildman–Crippen MR) is 74.2 cm³/mol. The maximum absolute atomic E-state index is 13.3. The Bertz CT molecular complexity index is 369. The average Bonchev–Trinajstić information content (AvgIpc) is 2.39. The summed E-state index contributed by atoms with van der Waals surface area (Å²) in [6, 6.07) is 4.93. The van der Waals surface area contributed by atoms with E-state index >= 15 is 0 Å². The fourth-order valence-corrected chi connectivity index (χ4v) is 2.42. The Hall–Kier alpha value is -0.890. The molecule has 0 radical (unpaired) electrons. The number of aryl methyl sites for hydroxylation is 1. The number of rotatable bonds is 7. The van der Waals surface area contributed by atoms with Crippen LogP contribution in [0.5, 0.6) is 0 Å². The molecule has 0 bridgehead atoms. The minimum absolute atomic E-state index is 0.0887. The molecule has 0 spiro atoms. The van der Waals surface area contributed by atoms with Crippen molar-refractivity contribution in [1.29, 1.82) is 0 Å². The summed E-state index contributed by atoms with van der Waals surface area (Å²) in [6.45, 7) is 6.46. The zero-order valence-electron chi connectivity index (χ0n) is 11.8. The number of hydrogen-bond donors (Lipinski definition) is 1. The van der Waals surface area contributed by atoms with Gasteiger partial charge in [0.05, 0.1) is 0 Å². The van der Waals surface area contributed by atoms with Gasteiger partial charge in [0.15, 0.2) is 0 Å². The van der Waals surface area contributed by atoms with Crippen LogP contribution in [0.4, 0.5) is 4.39 Å². The Labute approximate surface area is 110 Å². The summed E-state index contributed by atoms with van der Waals surface area (Å²) in [5.74, 6) is -0.186. The van der Waals surface area contributed by atoms with Crippen molar-refractivity contribution < 1.29 is 9.50 Å². The summed E-state index contributed by atoms with van der Waals surface area (Å²) in [6.07, 6.45) is 4.95. The van der Waals surface area contributed by atoms with Crippen molar-refractivity contribution in [2.75, 3.05) is 6.61 Å². The van der Waals surface area contributed by atoms with Gasteiger partial charge in [0.25, 0.3) is 0 Å². The second-order valence-electron chi connectivity index (χ2n) is 5.36. The molecule has 0 fully saturated rings. The molecular weight excluding hydrogens is 227 g/mol. The third-order valence-corrected chi connectivity index (χ3v) is 4.02. The second kappa shape index (κ2) is 6.89. The molecule has 18 heavy (non-hydrogen) atoms. The van der Waals surface area contributed by atoms with Crippen LogP contribution in [-0.2, 0) is 6.42 Å². The maximum Gasteiger partial charge on any atom is 0.123 e. The van der Waals surface area contributed by atoms with Crippen molar-refractivity contribution >= 4 is 0 Å². The molecule has 2 heteroatoms. The van der Waals surface area contributed by atoms with E-state index in [-0.39, 0.29) is 17.8 Å². The molecule has 0 saturated heterocycles. The van der Waals surface area contributed by atoms with E-state index in [1.807, 2.05) is 13.0 Å². The third-order valence-electron chi connectivity index (χ3n) is 4.02. The largest absolute Gasteiger partial charge is 0.396 e. The van der Waals surface area contributed by atoms with E-state index in [1.54, 1.807) is 6.07 Å². The fourth-order valence-electron chi connectivity index (χ4n) is 2.42. The zero-order valence-corrected chi connectivity index (χ0v) is 11.8. The number of halogens is 1. The quantitative estimate of drug-likeness (QED) is 0.769. The summed E-state index contributed by atoms with van der Waals surface area (Å²) in [7, 11) is 0. The van der Waals surface area contributed by atoms with Gasteiger partial charge in [-0.25, -0.2) is 4.39 Å². The monoisotopic (exact) mass is 252 g/mol. The van der Waals surface area contributed by atoms with Crippen LogP contribution >= 0.6 is 0 Å². The first-order valence-electron chi connectivity index (χ1n) is 6.93. The summed E-state index contributed by atoms with van der Waals surface area (Å²) in [5, 5.41) is 9.73. The Morgan fingerprint density at radius 3 is 2.56 bits per heavy atom. The SMILES string of the molecule is CCCCC(CC)(CO)Cc1cc(F)ccc1C. The van der Waals surface area contributed by atoms with Crippen LogP contribution in [0.15, 0.2) is 18.2 Å². The van der Waals surface area contributed by atoms with Crippen LogP contribution < -0.4 is 0 Å². The molecule has 0 aliphatic carbocycles. The lowest BCUT2D eigenvalue weighted by atomic mass is 9.75. The first-order valence-corrected chi connectivity index (χ1v) is 6.93. The van der Waals surface area contributed by atoms with Crippen LogP contribution in [0.2, 0.25) is 0 Å². The molecule has 1 atom stereocenters. The van der Waals surface area contributed by atoms with Gasteiger partial charge in [0, 0.05) is 6.61 Å². The van der Waals surface area contributed by atoms with E-state index in [4.69, 9.17) is 0 Å². The van der Waals surface area contributed by atoms with E-state index in [1.165, 1.54) is 6.07 Å². The van der Waals surface area contributed by atoms with Gasteiger partial charge < -0.3 is 5.11 Å². The summed E-state index contributed by atoms with van der Waals surface area (Å²) < 4.78 is 13.3. The molecule has 0 heterocycles. The molecular formula is C16H25FO. The van der Waals surface area contributed by atoms with Crippen LogP contribution in [-0.4, -0.2) is 11.7 Å². The molecule has 1 aromatic carbocycles. The van der Waals surface area contributed by atoms with Crippen molar-refractivity contribution in [1.82, 2.24) is 0 Å². The predicted octanol–water partition coefficient (Wildman–Crippen LogP) is 4.26. The fraction of sp³-hybridized carbons (Fsp3) is 0.625.